The Hall–Kier alpha value is -3.68. The van der Waals surface area contributed by atoms with Crippen molar-refractivity contribution in [3.63, 3.8) is 0 Å². The molecular formula is C27H28N4O3. The second kappa shape index (κ2) is 9.29. The fourth-order valence-electron chi connectivity index (χ4n) is 4.57. The number of hydrogen-bond acceptors (Lipinski definition) is 6. The van der Waals surface area contributed by atoms with Crippen LogP contribution in [0.15, 0.2) is 71.7 Å². The number of benzene rings is 2. The molecule has 3 aromatic rings. The molecule has 0 spiro atoms. The SMILES string of the molecule is CN(C)C1CCN(Cc2ccc(N/C=C3\C(=O)NC(=O)c4ccc(-c5ccoc5)cc43)cc2)C1. The number of nitrogens with one attached hydrogen (secondary N) is 2. The van der Waals surface area contributed by atoms with E-state index in [1.807, 2.05) is 30.3 Å². The molecule has 1 atom stereocenters. The minimum atomic E-state index is -0.421. The van der Waals surface area contributed by atoms with E-state index in [0.717, 1.165) is 36.4 Å². The van der Waals surface area contributed by atoms with E-state index in [-0.39, 0.29) is 0 Å². The molecule has 174 valence electrons. The van der Waals surface area contributed by atoms with Crippen molar-refractivity contribution < 1.29 is 14.0 Å². The van der Waals surface area contributed by atoms with Gasteiger partial charge in [-0.05, 0) is 62.0 Å². The number of likely N-dealkylation sites (N-methyl/N-ethyl adjacent to an activating group) is 1. The fraction of sp³-hybridized carbons (Fsp3) is 0.259. The minimum absolute atomic E-state index is 0.390. The summed E-state index contributed by atoms with van der Waals surface area (Å²) in [6.07, 6.45) is 6.10. The number of fused-ring (bicyclic) bond motifs is 1. The third kappa shape index (κ3) is 4.53. The lowest BCUT2D eigenvalue weighted by atomic mass is 9.92. The first-order valence-corrected chi connectivity index (χ1v) is 11.4. The van der Waals surface area contributed by atoms with Crippen LogP contribution in [0.2, 0.25) is 0 Å². The van der Waals surface area contributed by atoms with E-state index in [9.17, 15) is 9.59 Å². The first-order valence-electron chi connectivity index (χ1n) is 11.4. The Morgan fingerprint density at radius 2 is 1.88 bits per heavy atom. The van der Waals surface area contributed by atoms with Gasteiger partial charge in [0, 0.05) is 54.3 Å². The highest BCUT2D eigenvalue weighted by molar-refractivity contribution is 6.31. The molecule has 34 heavy (non-hydrogen) atoms. The number of likely N-dealkylation sites (tertiary alicyclic amines) is 1. The highest BCUT2D eigenvalue weighted by Gasteiger charge is 2.28. The average molecular weight is 457 g/mol. The van der Waals surface area contributed by atoms with Crippen molar-refractivity contribution in [3.05, 3.63) is 83.9 Å². The zero-order valence-corrected chi connectivity index (χ0v) is 19.4. The summed E-state index contributed by atoms with van der Waals surface area (Å²) in [6.45, 7) is 3.14. The van der Waals surface area contributed by atoms with Crippen molar-refractivity contribution in [2.75, 3.05) is 32.5 Å². The van der Waals surface area contributed by atoms with Gasteiger partial charge in [-0.15, -0.1) is 0 Å². The summed E-state index contributed by atoms with van der Waals surface area (Å²) < 4.78 is 5.18. The van der Waals surface area contributed by atoms with E-state index in [4.69, 9.17) is 4.42 Å². The topological polar surface area (TPSA) is 77.8 Å². The molecule has 0 aliphatic carbocycles. The van der Waals surface area contributed by atoms with Crippen molar-refractivity contribution in [2.24, 2.45) is 0 Å². The summed E-state index contributed by atoms with van der Waals surface area (Å²) in [7, 11) is 4.28. The van der Waals surface area contributed by atoms with Crippen LogP contribution in [-0.2, 0) is 11.3 Å². The molecule has 1 unspecified atom stereocenters. The molecule has 3 heterocycles. The highest BCUT2D eigenvalue weighted by atomic mass is 16.3. The van der Waals surface area contributed by atoms with Gasteiger partial charge in [-0.2, -0.15) is 0 Å². The van der Waals surface area contributed by atoms with Crippen molar-refractivity contribution in [1.82, 2.24) is 15.1 Å². The number of anilines is 1. The van der Waals surface area contributed by atoms with Crippen LogP contribution in [0.3, 0.4) is 0 Å². The molecule has 1 fully saturated rings. The molecule has 5 rings (SSSR count). The monoisotopic (exact) mass is 456 g/mol. The fourth-order valence-corrected chi connectivity index (χ4v) is 4.57. The Balaban J connectivity index is 1.32. The summed E-state index contributed by atoms with van der Waals surface area (Å²) in [6, 6.07) is 16.2. The summed E-state index contributed by atoms with van der Waals surface area (Å²) in [4.78, 5) is 29.8. The number of amides is 2. The first kappa shape index (κ1) is 22.1. The molecule has 1 aromatic heterocycles. The van der Waals surface area contributed by atoms with Gasteiger partial charge in [0.25, 0.3) is 11.8 Å². The van der Waals surface area contributed by atoms with E-state index in [0.29, 0.717) is 22.7 Å². The maximum Gasteiger partial charge on any atom is 0.260 e. The van der Waals surface area contributed by atoms with Crippen LogP contribution >= 0.6 is 0 Å². The smallest absolute Gasteiger partial charge is 0.260 e. The van der Waals surface area contributed by atoms with Gasteiger partial charge in [-0.3, -0.25) is 19.8 Å². The summed E-state index contributed by atoms with van der Waals surface area (Å²) in [5.41, 5.74) is 5.38. The van der Waals surface area contributed by atoms with E-state index in [1.54, 1.807) is 24.8 Å². The standard InChI is InChI=1S/C27H28N4O3/c1-30(2)22-9-11-31(16-22)15-18-3-6-21(7-4-18)28-14-25-24-13-19(20-10-12-34-17-20)5-8-23(24)26(32)29-27(25)33/h3-8,10,12-14,17,22,28H,9,11,15-16H2,1-2H3,(H,29,32,33)/b25-14-. The maximum absolute atomic E-state index is 12.6. The van der Waals surface area contributed by atoms with Crippen LogP contribution in [0.4, 0.5) is 5.69 Å². The molecule has 0 radical (unpaired) electrons. The molecule has 1 saturated heterocycles. The van der Waals surface area contributed by atoms with Gasteiger partial charge >= 0.3 is 0 Å². The van der Waals surface area contributed by atoms with E-state index in [1.165, 1.54) is 12.0 Å². The average Bonchev–Trinajstić information content (AvgIpc) is 3.52. The molecular weight excluding hydrogens is 428 g/mol. The first-order chi connectivity index (χ1) is 16.5. The lowest BCUT2D eigenvalue weighted by Gasteiger charge is -2.20. The van der Waals surface area contributed by atoms with Gasteiger partial charge in [0.15, 0.2) is 0 Å². The Bertz CT molecular complexity index is 1230. The minimum Gasteiger partial charge on any atom is -0.472 e. The predicted molar refractivity (Wildman–Crippen MR) is 132 cm³/mol. The summed E-state index contributed by atoms with van der Waals surface area (Å²) in [5, 5.41) is 5.65. The molecule has 0 saturated carbocycles. The van der Waals surface area contributed by atoms with Crippen LogP contribution in [0.25, 0.3) is 16.7 Å². The largest absolute Gasteiger partial charge is 0.472 e. The molecule has 2 amide bonds. The molecule has 2 aliphatic heterocycles. The van der Waals surface area contributed by atoms with E-state index >= 15 is 0 Å². The lowest BCUT2D eigenvalue weighted by molar-refractivity contribution is -0.114. The number of nitrogens with zero attached hydrogens (tertiary/aromatic N) is 2. The van der Waals surface area contributed by atoms with Crippen molar-refractivity contribution in [1.29, 1.82) is 0 Å². The quantitative estimate of drug-likeness (QED) is 0.434. The number of carbonyl (C=O) groups is 2. The van der Waals surface area contributed by atoms with Crippen LogP contribution in [-0.4, -0.2) is 54.8 Å². The Kier molecular flexibility index (Phi) is 6.04. The molecule has 2 N–H and O–H groups in total. The van der Waals surface area contributed by atoms with Gasteiger partial charge in [0.2, 0.25) is 0 Å². The van der Waals surface area contributed by atoms with Crippen LogP contribution < -0.4 is 10.6 Å². The zero-order valence-electron chi connectivity index (χ0n) is 19.4. The van der Waals surface area contributed by atoms with Crippen molar-refractivity contribution in [2.45, 2.75) is 19.0 Å². The number of carbonyl (C=O) groups excluding carboxylic acids is 2. The molecule has 2 aliphatic rings. The van der Waals surface area contributed by atoms with Crippen molar-refractivity contribution in [3.8, 4) is 11.1 Å². The molecule has 7 heteroatoms. The van der Waals surface area contributed by atoms with Crippen LogP contribution in [0, 0.1) is 0 Å². The number of furan rings is 1. The molecule has 7 nitrogen and oxygen atoms in total. The van der Waals surface area contributed by atoms with Gasteiger partial charge in [-0.1, -0.05) is 18.2 Å². The van der Waals surface area contributed by atoms with Gasteiger partial charge in [-0.25, -0.2) is 0 Å². The summed E-state index contributed by atoms with van der Waals surface area (Å²) in [5.74, 6) is -0.811. The lowest BCUT2D eigenvalue weighted by Crippen LogP contribution is -2.36. The Labute approximate surface area is 199 Å². The van der Waals surface area contributed by atoms with Gasteiger partial charge < -0.3 is 14.6 Å². The second-order valence-electron chi connectivity index (χ2n) is 9.10. The third-order valence-electron chi connectivity index (χ3n) is 6.60. The van der Waals surface area contributed by atoms with E-state index < -0.39 is 11.8 Å². The summed E-state index contributed by atoms with van der Waals surface area (Å²) >= 11 is 0. The van der Waals surface area contributed by atoms with Crippen LogP contribution in [0.5, 0.6) is 0 Å². The number of imide groups is 1. The third-order valence-corrected chi connectivity index (χ3v) is 6.60. The Morgan fingerprint density at radius 3 is 2.59 bits per heavy atom. The Morgan fingerprint density at radius 1 is 1.06 bits per heavy atom. The number of hydrogen-bond donors (Lipinski definition) is 2. The maximum atomic E-state index is 12.6. The van der Waals surface area contributed by atoms with Crippen molar-refractivity contribution >= 4 is 23.1 Å². The predicted octanol–water partition coefficient (Wildman–Crippen LogP) is 3.81. The highest BCUT2D eigenvalue weighted by Crippen LogP contribution is 2.30. The zero-order chi connectivity index (χ0) is 23.7. The molecule has 2 aromatic carbocycles. The van der Waals surface area contributed by atoms with Gasteiger partial charge in [0.1, 0.15) is 0 Å². The number of rotatable bonds is 6. The normalized spacial score (nSPS) is 19.5. The second-order valence-corrected chi connectivity index (χ2v) is 9.10. The van der Waals surface area contributed by atoms with E-state index in [2.05, 4.69) is 46.7 Å². The molecule has 0 bridgehead atoms. The van der Waals surface area contributed by atoms with Crippen LogP contribution in [0.1, 0.15) is 27.9 Å². The van der Waals surface area contributed by atoms with Gasteiger partial charge in [0.05, 0.1) is 18.1 Å².